The summed E-state index contributed by atoms with van der Waals surface area (Å²) in [7, 11) is 0. The second kappa shape index (κ2) is 3.11. The van der Waals surface area contributed by atoms with Crippen LogP contribution in [0.2, 0.25) is 0 Å². The van der Waals surface area contributed by atoms with Crippen molar-refractivity contribution in [1.29, 1.82) is 0 Å². The summed E-state index contributed by atoms with van der Waals surface area (Å²) in [5.74, 6) is 0.808. The Hall–Kier alpha value is -0.0800. The average molecular weight is 155 g/mol. The molecule has 0 bridgehead atoms. The first-order valence-corrected chi connectivity index (χ1v) is 4.83. The van der Waals surface area contributed by atoms with Gasteiger partial charge in [-0.3, -0.25) is 0 Å². The van der Waals surface area contributed by atoms with Crippen molar-refractivity contribution in [3.8, 4) is 0 Å². The lowest BCUT2D eigenvalue weighted by molar-refractivity contribution is -0.167. The van der Waals surface area contributed by atoms with Gasteiger partial charge >= 0.3 is 0 Å². The van der Waals surface area contributed by atoms with Crippen LogP contribution in [0.1, 0.15) is 38.5 Å². The minimum Gasteiger partial charge on any atom is -0.314 e. The molecule has 0 radical (unpaired) electrons. The zero-order valence-corrected chi connectivity index (χ0v) is 7.00. The molecule has 64 valence electrons. The monoisotopic (exact) mass is 155 g/mol. The Morgan fingerprint density at radius 2 is 1.73 bits per heavy atom. The van der Waals surface area contributed by atoms with Crippen molar-refractivity contribution >= 4 is 0 Å². The molecular weight excluding hydrogens is 138 g/mol. The lowest BCUT2D eigenvalue weighted by Gasteiger charge is -2.40. The highest BCUT2D eigenvalue weighted by Crippen LogP contribution is 2.33. The van der Waals surface area contributed by atoms with Crippen molar-refractivity contribution < 1.29 is 5.21 Å². The van der Waals surface area contributed by atoms with Crippen molar-refractivity contribution in [2.75, 3.05) is 6.54 Å². The topological polar surface area (TPSA) is 23.5 Å². The fourth-order valence-corrected chi connectivity index (χ4v) is 2.60. The molecule has 2 fully saturated rings. The van der Waals surface area contributed by atoms with Crippen LogP contribution < -0.4 is 0 Å². The van der Waals surface area contributed by atoms with Gasteiger partial charge in [0.25, 0.3) is 0 Å². The van der Waals surface area contributed by atoms with Crippen molar-refractivity contribution in [3.05, 3.63) is 0 Å². The van der Waals surface area contributed by atoms with Gasteiger partial charge in [-0.1, -0.05) is 12.8 Å². The van der Waals surface area contributed by atoms with Gasteiger partial charge in [-0.25, -0.2) is 0 Å². The summed E-state index contributed by atoms with van der Waals surface area (Å²) in [6.45, 7) is 0.904. The molecule has 0 aromatic carbocycles. The minimum atomic E-state index is 0.512. The summed E-state index contributed by atoms with van der Waals surface area (Å²) in [5, 5.41) is 11.1. The van der Waals surface area contributed by atoms with E-state index >= 15 is 0 Å². The van der Waals surface area contributed by atoms with Crippen molar-refractivity contribution in [3.63, 3.8) is 0 Å². The predicted molar refractivity (Wildman–Crippen MR) is 43.5 cm³/mol. The van der Waals surface area contributed by atoms with E-state index < -0.39 is 0 Å². The molecule has 1 saturated heterocycles. The van der Waals surface area contributed by atoms with E-state index in [1.165, 1.54) is 38.5 Å². The van der Waals surface area contributed by atoms with E-state index in [-0.39, 0.29) is 0 Å². The first-order valence-electron chi connectivity index (χ1n) is 4.83. The predicted octanol–water partition coefficient (Wildman–Crippen LogP) is 2.03. The average Bonchev–Trinajstić information content (AvgIpc) is 2.06. The second-order valence-electron chi connectivity index (χ2n) is 3.92. The summed E-state index contributed by atoms with van der Waals surface area (Å²) in [6.07, 6.45) is 7.82. The van der Waals surface area contributed by atoms with Gasteiger partial charge < -0.3 is 5.21 Å². The molecule has 1 saturated carbocycles. The highest BCUT2D eigenvalue weighted by atomic mass is 16.5. The van der Waals surface area contributed by atoms with Gasteiger partial charge in [0.05, 0.1) is 0 Å². The van der Waals surface area contributed by atoms with Gasteiger partial charge in [0.1, 0.15) is 0 Å². The Labute approximate surface area is 68.2 Å². The summed E-state index contributed by atoms with van der Waals surface area (Å²) >= 11 is 0. The number of hydroxylamine groups is 2. The Morgan fingerprint density at radius 1 is 1.00 bits per heavy atom. The number of fused-ring (bicyclic) bond motifs is 1. The van der Waals surface area contributed by atoms with Crippen LogP contribution in [0.4, 0.5) is 0 Å². The molecule has 2 atom stereocenters. The SMILES string of the molecule is ON1CCCC2CCCCC21. The quantitative estimate of drug-likeness (QED) is 0.578. The molecule has 1 heterocycles. The molecule has 11 heavy (non-hydrogen) atoms. The number of piperidine rings is 1. The van der Waals surface area contributed by atoms with Gasteiger partial charge in [-0.15, -0.1) is 0 Å². The summed E-state index contributed by atoms with van der Waals surface area (Å²) in [4.78, 5) is 0. The van der Waals surface area contributed by atoms with Gasteiger partial charge in [-0.2, -0.15) is 5.06 Å². The van der Waals surface area contributed by atoms with E-state index in [0.29, 0.717) is 6.04 Å². The van der Waals surface area contributed by atoms with E-state index in [1.807, 2.05) is 0 Å². The first kappa shape index (κ1) is 7.56. The van der Waals surface area contributed by atoms with Crippen LogP contribution in [0.5, 0.6) is 0 Å². The normalized spacial score (nSPS) is 40.1. The number of rotatable bonds is 0. The van der Waals surface area contributed by atoms with Crippen molar-refractivity contribution in [1.82, 2.24) is 5.06 Å². The molecule has 1 N–H and O–H groups in total. The standard InChI is InChI=1S/C9H17NO/c11-10-7-3-5-8-4-1-2-6-9(8)10/h8-9,11H,1-7H2. The fraction of sp³-hybridized carbons (Fsp3) is 1.00. The van der Waals surface area contributed by atoms with Crippen LogP contribution in [0.3, 0.4) is 0 Å². The van der Waals surface area contributed by atoms with Gasteiger partial charge in [0.2, 0.25) is 0 Å². The second-order valence-corrected chi connectivity index (χ2v) is 3.92. The number of hydrogen-bond acceptors (Lipinski definition) is 2. The van der Waals surface area contributed by atoms with Crippen LogP contribution in [0.15, 0.2) is 0 Å². The first-order chi connectivity index (χ1) is 5.38. The zero-order valence-electron chi connectivity index (χ0n) is 7.00. The van der Waals surface area contributed by atoms with E-state index in [9.17, 15) is 5.21 Å². The van der Waals surface area contributed by atoms with E-state index in [2.05, 4.69) is 0 Å². The van der Waals surface area contributed by atoms with Gasteiger partial charge in [0, 0.05) is 12.6 Å². The van der Waals surface area contributed by atoms with E-state index in [1.54, 1.807) is 5.06 Å². The molecule has 0 spiro atoms. The lowest BCUT2D eigenvalue weighted by Crippen LogP contribution is -2.44. The van der Waals surface area contributed by atoms with Crippen LogP contribution in [0, 0.1) is 5.92 Å². The van der Waals surface area contributed by atoms with Crippen LogP contribution in [0.25, 0.3) is 0 Å². The maximum Gasteiger partial charge on any atom is 0.0378 e. The molecule has 0 aromatic heterocycles. The highest BCUT2D eigenvalue weighted by Gasteiger charge is 2.32. The molecule has 2 heteroatoms. The van der Waals surface area contributed by atoms with Crippen molar-refractivity contribution in [2.24, 2.45) is 5.92 Å². The molecular formula is C9H17NO. The molecule has 1 aliphatic carbocycles. The Kier molecular flexibility index (Phi) is 2.14. The lowest BCUT2D eigenvalue weighted by atomic mass is 9.79. The largest absolute Gasteiger partial charge is 0.314 e. The van der Waals surface area contributed by atoms with E-state index in [4.69, 9.17) is 0 Å². The summed E-state index contributed by atoms with van der Waals surface area (Å²) in [6, 6.07) is 0.512. The smallest absolute Gasteiger partial charge is 0.0378 e. The van der Waals surface area contributed by atoms with Crippen LogP contribution in [-0.2, 0) is 0 Å². The fourth-order valence-electron chi connectivity index (χ4n) is 2.60. The number of hydrogen-bond donors (Lipinski definition) is 1. The van der Waals surface area contributed by atoms with Crippen LogP contribution in [-0.4, -0.2) is 22.9 Å². The summed E-state index contributed by atoms with van der Waals surface area (Å²) in [5.41, 5.74) is 0. The molecule has 2 nitrogen and oxygen atoms in total. The van der Waals surface area contributed by atoms with Crippen molar-refractivity contribution in [2.45, 2.75) is 44.6 Å². The van der Waals surface area contributed by atoms with Crippen LogP contribution >= 0.6 is 0 Å². The minimum absolute atomic E-state index is 0.512. The molecule has 0 aromatic rings. The third-order valence-corrected chi connectivity index (χ3v) is 3.21. The molecule has 2 aliphatic rings. The Morgan fingerprint density at radius 3 is 2.55 bits per heavy atom. The molecule has 0 amide bonds. The molecule has 1 aliphatic heterocycles. The molecule has 2 unspecified atom stereocenters. The summed E-state index contributed by atoms with van der Waals surface area (Å²) < 4.78 is 0. The number of nitrogens with zero attached hydrogens (tertiary/aromatic N) is 1. The maximum atomic E-state index is 9.54. The molecule has 2 rings (SSSR count). The van der Waals surface area contributed by atoms with Gasteiger partial charge in [0.15, 0.2) is 0 Å². The van der Waals surface area contributed by atoms with E-state index in [0.717, 1.165) is 12.5 Å². The third-order valence-electron chi connectivity index (χ3n) is 3.21. The van der Waals surface area contributed by atoms with Gasteiger partial charge in [-0.05, 0) is 31.6 Å². The third kappa shape index (κ3) is 1.42. The zero-order chi connectivity index (χ0) is 7.68. The highest BCUT2D eigenvalue weighted by molar-refractivity contribution is 4.83. The Bertz CT molecular complexity index is 136. The Balaban J connectivity index is 1.99. The maximum absolute atomic E-state index is 9.54.